The molecular weight excluding hydrogens is 396 g/mol. The SMILES string of the molecule is COC(=O)[C@@H](NC(=O)[C@@H](C)NC(=O)OCC1c2ccccc2-c2ccccc21)C(C)C. The van der Waals surface area contributed by atoms with Gasteiger partial charge in [-0.1, -0.05) is 62.4 Å². The van der Waals surface area contributed by atoms with E-state index in [0.29, 0.717) is 0 Å². The Morgan fingerprint density at radius 3 is 1.97 bits per heavy atom. The molecule has 0 bridgehead atoms. The molecule has 2 atom stereocenters. The van der Waals surface area contributed by atoms with E-state index >= 15 is 0 Å². The third-order valence-electron chi connectivity index (χ3n) is 5.49. The van der Waals surface area contributed by atoms with Crippen molar-refractivity contribution in [2.75, 3.05) is 13.7 Å². The largest absolute Gasteiger partial charge is 0.467 e. The van der Waals surface area contributed by atoms with Gasteiger partial charge in [0.15, 0.2) is 0 Å². The summed E-state index contributed by atoms with van der Waals surface area (Å²) in [6.45, 7) is 5.29. The van der Waals surface area contributed by atoms with Crippen molar-refractivity contribution in [2.24, 2.45) is 5.92 Å². The van der Waals surface area contributed by atoms with Gasteiger partial charge in [-0.2, -0.15) is 0 Å². The van der Waals surface area contributed by atoms with Gasteiger partial charge in [-0.15, -0.1) is 0 Å². The molecule has 0 spiro atoms. The third kappa shape index (κ3) is 4.87. The third-order valence-corrected chi connectivity index (χ3v) is 5.49. The number of esters is 1. The number of methoxy groups -OCH3 is 1. The van der Waals surface area contributed by atoms with Crippen molar-refractivity contribution in [1.82, 2.24) is 10.6 Å². The molecule has 0 saturated heterocycles. The van der Waals surface area contributed by atoms with Crippen LogP contribution in [-0.2, 0) is 19.1 Å². The summed E-state index contributed by atoms with van der Waals surface area (Å²) in [5.41, 5.74) is 4.50. The van der Waals surface area contributed by atoms with Gasteiger partial charge < -0.3 is 20.1 Å². The number of rotatable bonds is 7. The van der Waals surface area contributed by atoms with E-state index in [2.05, 4.69) is 22.8 Å². The predicted molar refractivity (Wildman–Crippen MR) is 116 cm³/mol. The van der Waals surface area contributed by atoms with E-state index in [1.807, 2.05) is 36.4 Å². The molecule has 0 saturated carbocycles. The van der Waals surface area contributed by atoms with E-state index in [1.165, 1.54) is 14.0 Å². The molecule has 0 aliphatic heterocycles. The van der Waals surface area contributed by atoms with Gasteiger partial charge in [0, 0.05) is 5.92 Å². The molecule has 0 fully saturated rings. The highest BCUT2D eigenvalue weighted by atomic mass is 16.5. The first-order valence-corrected chi connectivity index (χ1v) is 10.3. The first kappa shape index (κ1) is 22.3. The van der Waals surface area contributed by atoms with E-state index in [9.17, 15) is 14.4 Å². The molecule has 0 heterocycles. The standard InChI is InChI=1S/C24H28N2O5/c1-14(2)21(23(28)30-4)26-22(27)15(3)25-24(29)31-13-20-18-11-7-5-9-16(18)17-10-6-8-12-19(17)20/h5-12,14-15,20-21H,13H2,1-4H3,(H,25,29)(H,26,27)/t15-,21+/m1/s1. The van der Waals surface area contributed by atoms with Crippen LogP contribution in [0.2, 0.25) is 0 Å². The minimum atomic E-state index is -0.874. The number of hydrogen-bond acceptors (Lipinski definition) is 5. The van der Waals surface area contributed by atoms with Gasteiger partial charge in [-0.3, -0.25) is 4.79 Å². The Morgan fingerprint density at radius 2 is 1.45 bits per heavy atom. The van der Waals surface area contributed by atoms with Gasteiger partial charge >= 0.3 is 12.1 Å². The average molecular weight is 424 g/mol. The fourth-order valence-electron chi connectivity index (χ4n) is 3.79. The van der Waals surface area contributed by atoms with E-state index in [1.54, 1.807) is 13.8 Å². The lowest BCUT2D eigenvalue weighted by Crippen LogP contribution is -2.52. The summed E-state index contributed by atoms with van der Waals surface area (Å²) in [4.78, 5) is 36.6. The number of ether oxygens (including phenoxy) is 2. The second-order valence-corrected chi connectivity index (χ2v) is 7.95. The first-order chi connectivity index (χ1) is 14.8. The van der Waals surface area contributed by atoms with Crippen molar-refractivity contribution in [2.45, 2.75) is 38.8 Å². The van der Waals surface area contributed by atoms with Gasteiger partial charge in [0.1, 0.15) is 18.7 Å². The topological polar surface area (TPSA) is 93.7 Å². The number of alkyl carbamates (subject to hydrolysis) is 1. The van der Waals surface area contributed by atoms with Crippen molar-refractivity contribution >= 4 is 18.0 Å². The second kappa shape index (κ2) is 9.64. The van der Waals surface area contributed by atoms with Crippen LogP contribution in [0.5, 0.6) is 0 Å². The molecule has 2 N–H and O–H groups in total. The molecule has 2 aromatic rings. The highest BCUT2D eigenvalue weighted by molar-refractivity contribution is 5.89. The Balaban J connectivity index is 1.59. The predicted octanol–water partition coefficient (Wildman–Crippen LogP) is 3.23. The Bertz CT molecular complexity index is 926. The van der Waals surface area contributed by atoms with Crippen molar-refractivity contribution in [3.63, 3.8) is 0 Å². The van der Waals surface area contributed by atoms with Gasteiger partial charge in [-0.25, -0.2) is 9.59 Å². The van der Waals surface area contributed by atoms with E-state index in [4.69, 9.17) is 9.47 Å². The van der Waals surface area contributed by atoms with E-state index in [0.717, 1.165) is 22.3 Å². The number of carbonyl (C=O) groups is 3. The van der Waals surface area contributed by atoms with Gasteiger partial charge in [-0.05, 0) is 35.1 Å². The van der Waals surface area contributed by atoms with Crippen molar-refractivity contribution < 1.29 is 23.9 Å². The summed E-state index contributed by atoms with van der Waals surface area (Å²) in [5.74, 6) is -1.24. The number of amides is 2. The highest BCUT2D eigenvalue weighted by Crippen LogP contribution is 2.44. The summed E-state index contributed by atoms with van der Waals surface area (Å²) in [5, 5.41) is 5.14. The highest BCUT2D eigenvalue weighted by Gasteiger charge is 2.30. The fourth-order valence-corrected chi connectivity index (χ4v) is 3.79. The Labute approximate surface area is 182 Å². The number of carbonyl (C=O) groups excluding carboxylic acids is 3. The van der Waals surface area contributed by atoms with Gasteiger partial charge in [0.2, 0.25) is 5.91 Å². The van der Waals surface area contributed by atoms with Crippen LogP contribution in [0, 0.1) is 5.92 Å². The normalized spacial score (nSPS) is 14.2. The first-order valence-electron chi connectivity index (χ1n) is 10.3. The average Bonchev–Trinajstić information content (AvgIpc) is 3.08. The molecule has 31 heavy (non-hydrogen) atoms. The molecule has 2 amide bonds. The number of hydrogen-bond donors (Lipinski definition) is 2. The summed E-state index contributed by atoms with van der Waals surface area (Å²) >= 11 is 0. The van der Waals surface area contributed by atoms with Crippen LogP contribution in [0.1, 0.15) is 37.8 Å². The molecule has 2 aromatic carbocycles. The van der Waals surface area contributed by atoms with Crippen molar-refractivity contribution in [3.05, 3.63) is 59.7 Å². The summed E-state index contributed by atoms with van der Waals surface area (Å²) in [6.07, 6.45) is -0.691. The molecule has 0 aromatic heterocycles. The van der Waals surface area contributed by atoms with Crippen LogP contribution in [0.15, 0.2) is 48.5 Å². The number of nitrogens with one attached hydrogen (secondary N) is 2. The fraction of sp³-hybridized carbons (Fsp3) is 0.375. The van der Waals surface area contributed by atoms with Gasteiger partial charge in [0.25, 0.3) is 0 Å². The van der Waals surface area contributed by atoms with Crippen LogP contribution in [0.25, 0.3) is 11.1 Å². The zero-order chi connectivity index (χ0) is 22.5. The molecule has 1 aliphatic rings. The minimum Gasteiger partial charge on any atom is -0.467 e. The lowest BCUT2D eigenvalue weighted by atomic mass is 9.98. The zero-order valence-corrected chi connectivity index (χ0v) is 18.2. The Kier molecular flexibility index (Phi) is 6.95. The second-order valence-electron chi connectivity index (χ2n) is 7.95. The summed E-state index contributed by atoms with van der Waals surface area (Å²) < 4.78 is 10.2. The molecule has 3 rings (SSSR count). The molecule has 1 aliphatic carbocycles. The van der Waals surface area contributed by atoms with Crippen molar-refractivity contribution in [3.8, 4) is 11.1 Å². The quantitative estimate of drug-likeness (QED) is 0.666. The van der Waals surface area contributed by atoms with Crippen LogP contribution in [0.3, 0.4) is 0 Å². The van der Waals surface area contributed by atoms with Crippen LogP contribution in [-0.4, -0.2) is 43.8 Å². The van der Waals surface area contributed by atoms with Crippen LogP contribution >= 0.6 is 0 Å². The molecule has 7 nitrogen and oxygen atoms in total. The molecule has 0 unspecified atom stereocenters. The Hall–Kier alpha value is -3.35. The zero-order valence-electron chi connectivity index (χ0n) is 18.2. The van der Waals surface area contributed by atoms with Crippen molar-refractivity contribution in [1.29, 1.82) is 0 Å². The Morgan fingerprint density at radius 1 is 0.903 bits per heavy atom. The van der Waals surface area contributed by atoms with Crippen LogP contribution in [0.4, 0.5) is 4.79 Å². The number of benzene rings is 2. The van der Waals surface area contributed by atoms with E-state index < -0.39 is 30.1 Å². The maximum absolute atomic E-state index is 12.4. The summed E-state index contributed by atoms with van der Waals surface area (Å²) in [7, 11) is 1.27. The molecule has 7 heteroatoms. The lowest BCUT2D eigenvalue weighted by Gasteiger charge is -2.22. The molecule has 0 radical (unpaired) electrons. The van der Waals surface area contributed by atoms with Crippen LogP contribution < -0.4 is 10.6 Å². The maximum Gasteiger partial charge on any atom is 0.407 e. The minimum absolute atomic E-state index is 0.0630. The molecular formula is C24H28N2O5. The van der Waals surface area contributed by atoms with E-state index in [-0.39, 0.29) is 18.4 Å². The smallest absolute Gasteiger partial charge is 0.407 e. The monoisotopic (exact) mass is 424 g/mol. The summed E-state index contributed by atoms with van der Waals surface area (Å²) in [6, 6.07) is 14.5. The lowest BCUT2D eigenvalue weighted by molar-refractivity contribution is -0.146. The molecule has 164 valence electrons. The maximum atomic E-state index is 12.4. The number of fused-ring (bicyclic) bond motifs is 3. The van der Waals surface area contributed by atoms with Gasteiger partial charge in [0.05, 0.1) is 7.11 Å².